The molecule has 5 heterocycles. The van der Waals surface area contributed by atoms with Crippen LogP contribution in [0.1, 0.15) is 31.4 Å². The summed E-state index contributed by atoms with van der Waals surface area (Å²) in [6, 6.07) is 4.89. The van der Waals surface area contributed by atoms with Crippen molar-refractivity contribution in [3.05, 3.63) is 29.0 Å². The highest BCUT2D eigenvalue weighted by atomic mass is 35.5. The topological polar surface area (TPSA) is 119 Å². The molecule has 2 bridgehead atoms. The van der Waals surface area contributed by atoms with Crippen LogP contribution in [0.5, 0.6) is 5.88 Å². The van der Waals surface area contributed by atoms with Gasteiger partial charge in [0.1, 0.15) is 16.7 Å². The Kier molecular flexibility index (Phi) is 4.44. The summed E-state index contributed by atoms with van der Waals surface area (Å²) in [6.07, 6.45) is 5.88. The fourth-order valence-electron chi connectivity index (χ4n) is 5.22. The van der Waals surface area contributed by atoms with E-state index >= 15 is 0 Å². The summed E-state index contributed by atoms with van der Waals surface area (Å²) in [5.74, 6) is 1.33. The first-order valence-electron chi connectivity index (χ1n) is 10.8. The number of halogens is 1. The van der Waals surface area contributed by atoms with E-state index in [1.807, 2.05) is 19.1 Å². The lowest BCUT2D eigenvalue weighted by Gasteiger charge is -2.39. The zero-order chi connectivity index (χ0) is 22.0. The van der Waals surface area contributed by atoms with Gasteiger partial charge in [-0.05, 0) is 44.7 Å². The van der Waals surface area contributed by atoms with Crippen molar-refractivity contribution >= 4 is 39.6 Å². The number of hydrogen-bond donors (Lipinski definition) is 2. The van der Waals surface area contributed by atoms with Crippen LogP contribution >= 0.6 is 11.6 Å². The van der Waals surface area contributed by atoms with E-state index in [2.05, 4.69) is 25.1 Å². The van der Waals surface area contributed by atoms with Gasteiger partial charge in [-0.1, -0.05) is 11.6 Å². The standard InChI is InChI=1S/C22H23ClN8O/c1-10-22(31-12-3-4-13(31)8-11(24)7-12)28-21-20(26-10)18(29-30-21)14-5-6-15-19(17(14)23)27-16(32-2)9-25-15/h5-6,9,11-13H,3-4,7-8,24H2,1-2H3,(H,28,29,30). The molecule has 0 amide bonds. The molecule has 2 unspecified atom stereocenters. The number of benzene rings is 1. The van der Waals surface area contributed by atoms with E-state index in [0.717, 1.165) is 42.8 Å². The lowest BCUT2D eigenvalue weighted by molar-refractivity contribution is 0.397. The predicted molar refractivity (Wildman–Crippen MR) is 123 cm³/mol. The molecule has 10 heteroatoms. The first kappa shape index (κ1) is 19.6. The molecule has 3 aromatic heterocycles. The minimum Gasteiger partial charge on any atom is -0.480 e. The fourth-order valence-corrected chi connectivity index (χ4v) is 5.51. The average Bonchev–Trinajstić information content (AvgIpc) is 3.31. The quantitative estimate of drug-likeness (QED) is 0.487. The Labute approximate surface area is 189 Å². The van der Waals surface area contributed by atoms with Gasteiger partial charge in [0.25, 0.3) is 0 Å². The van der Waals surface area contributed by atoms with Crippen LogP contribution in [0.25, 0.3) is 33.5 Å². The number of rotatable bonds is 3. The Hall–Kier alpha value is -3.04. The Morgan fingerprint density at radius 1 is 1.12 bits per heavy atom. The molecule has 9 nitrogen and oxygen atoms in total. The molecule has 2 saturated heterocycles. The largest absolute Gasteiger partial charge is 0.480 e. The highest BCUT2D eigenvalue weighted by Gasteiger charge is 2.41. The molecule has 0 radical (unpaired) electrons. The second-order valence-electron chi connectivity index (χ2n) is 8.63. The van der Waals surface area contributed by atoms with Crippen LogP contribution in [0.4, 0.5) is 5.82 Å². The zero-order valence-corrected chi connectivity index (χ0v) is 18.6. The van der Waals surface area contributed by atoms with E-state index in [-0.39, 0.29) is 6.04 Å². The molecular formula is C22H23ClN8O. The fraction of sp³-hybridized carbons (Fsp3) is 0.409. The Bertz CT molecular complexity index is 1340. The minimum atomic E-state index is 0.274. The molecule has 1 aromatic carbocycles. The number of anilines is 1. The number of aromatic amines is 1. The van der Waals surface area contributed by atoms with E-state index in [9.17, 15) is 0 Å². The number of ether oxygens (including phenoxy) is 1. The Morgan fingerprint density at radius 3 is 2.66 bits per heavy atom. The van der Waals surface area contributed by atoms with Crippen molar-refractivity contribution in [1.29, 1.82) is 0 Å². The van der Waals surface area contributed by atoms with Crippen molar-refractivity contribution < 1.29 is 4.74 Å². The number of fused-ring (bicyclic) bond motifs is 4. The van der Waals surface area contributed by atoms with E-state index in [1.165, 1.54) is 0 Å². The van der Waals surface area contributed by atoms with Crippen LogP contribution in [0.15, 0.2) is 18.3 Å². The summed E-state index contributed by atoms with van der Waals surface area (Å²) in [5.41, 5.74) is 11.1. The van der Waals surface area contributed by atoms with Gasteiger partial charge in [0, 0.05) is 23.7 Å². The second-order valence-corrected chi connectivity index (χ2v) is 9.01. The molecular weight excluding hydrogens is 428 g/mol. The van der Waals surface area contributed by atoms with Gasteiger partial charge in [0.05, 0.1) is 29.5 Å². The number of hydrogen-bond acceptors (Lipinski definition) is 8. The van der Waals surface area contributed by atoms with Crippen LogP contribution < -0.4 is 15.4 Å². The van der Waals surface area contributed by atoms with E-state index in [1.54, 1.807) is 13.3 Å². The number of nitrogens with zero attached hydrogens (tertiary/aromatic N) is 6. The molecule has 6 rings (SSSR count). The molecule has 2 aliphatic heterocycles. The third-order valence-electron chi connectivity index (χ3n) is 6.65. The van der Waals surface area contributed by atoms with E-state index < -0.39 is 0 Å². The zero-order valence-electron chi connectivity index (χ0n) is 17.8. The monoisotopic (exact) mass is 450 g/mol. The predicted octanol–water partition coefficient (Wildman–Crippen LogP) is 3.39. The third-order valence-corrected chi connectivity index (χ3v) is 7.03. The van der Waals surface area contributed by atoms with Gasteiger partial charge in [0.2, 0.25) is 5.88 Å². The first-order chi connectivity index (χ1) is 15.5. The smallest absolute Gasteiger partial charge is 0.232 e. The van der Waals surface area contributed by atoms with Crippen LogP contribution in [-0.4, -0.2) is 55.4 Å². The van der Waals surface area contributed by atoms with Gasteiger partial charge < -0.3 is 15.4 Å². The maximum Gasteiger partial charge on any atom is 0.232 e. The molecule has 164 valence electrons. The molecule has 0 aliphatic carbocycles. The molecule has 3 N–H and O–H groups in total. The molecule has 2 aliphatic rings. The SMILES string of the molecule is COc1cnc2ccc(-c3n[nH]c4nc(N5C6CCC5CC(N)C6)c(C)nc34)c(Cl)c2n1. The number of nitrogens with two attached hydrogens (primary N) is 1. The lowest BCUT2D eigenvalue weighted by atomic mass is 9.98. The molecule has 32 heavy (non-hydrogen) atoms. The number of aryl methyl sites for hydroxylation is 1. The van der Waals surface area contributed by atoms with Gasteiger partial charge in [0.15, 0.2) is 11.5 Å². The van der Waals surface area contributed by atoms with Crippen molar-refractivity contribution in [1.82, 2.24) is 30.1 Å². The summed E-state index contributed by atoms with van der Waals surface area (Å²) >= 11 is 6.74. The number of aromatic nitrogens is 6. The maximum absolute atomic E-state index is 6.74. The van der Waals surface area contributed by atoms with Crippen molar-refractivity contribution in [3.8, 4) is 17.1 Å². The van der Waals surface area contributed by atoms with Gasteiger partial charge in [-0.25, -0.2) is 19.9 Å². The Balaban J connectivity index is 1.46. The number of H-pyrrole nitrogens is 1. The number of piperidine rings is 1. The van der Waals surface area contributed by atoms with Crippen molar-refractivity contribution in [2.45, 2.75) is 50.7 Å². The minimum absolute atomic E-state index is 0.274. The summed E-state index contributed by atoms with van der Waals surface area (Å²) in [6.45, 7) is 2.00. The van der Waals surface area contributed by atoms with Gasteiger partial charge in [-0.2, -0.15) is 5.10 Å². The molecule has 2 fully saturated rings. The third kappa shape index (κ3) is 2.91. The summed E-state index contributed by atoms with van der Waals surface area (Å²) in [7, 11) is 1.55. The van der Waals surface area contributed by atoms with E-state index in [0.29, 0.717) is 50.9 Å². The number of nitrogens with one attached hydrogen (secondary N) is 1. The second kappa shape index (κ2) is 7.25. The maximum atomic E-state index is 6.74. The van der Waals surface area contributed by atoms with Crippen LogP contribution in [0, 0.1) is 6.92 Å². The van der Waals surface area contributed by atoms with Crippen LogP contribution in [0.2, 0.25) is 5.02 Å². The van der Waals surface area contributed by atoms with Crippen LogP contribution in [-0.2, 0) is 0 Å². The summed E-state index contributed by atoms with van der Waals surface area (Å²) in [5, 5.41) is 8.02. The normalized spacial score (nSPS) is 22.8. The molecule has 2 atom stereocenters. The van der Waals surface area contributed by atoms with Gasteiger partial charge in [-0.3, -0.25) is 5.10 Å². The Morgan fingerprint density at radius 2 is 1.91 bits per heavy atom. The van der Waals surface area contributed by atoms with E-state index in [4.69, 9.17) is 32.0 Å². The highest BCUT2D eigenvalue weighted by molar-refractivity contribution is 6.38. The first-order valence-corrected chi connectivity index (χ1v) is 11.2. The van der Waals surface area contributed by atoms with Gasteiger partial charge in [-0.15, -0.1) is 0 Å². The molecule has 0 spiro atoms. The van der Waals surface area contributed by atoms with Crippen LogP contribution in [0.3, 0.4) is 0 Å². The molecule has 4 aromatic rings. The highest BCUT2D eigenvalue weighted by Crippen LogP contribution is 2.40. The number of methoxy groups -OCH3 is 1. The lowest BCUT2D eigenvalue weighted by Crippen LogP contribution is -2.48. The summed E-state index contributed by atoms with van der Waals surface area (Å²) < 4.78 is 5.20. The van der Waals surface area contributed by atoms with Crippen molar-refractivity contribution in [3.63, 3.8) is 0 Å². The average molecular weight is 451 g/mol. The van der Waals surface area contributed by atoms with Crippen molar-refractivity contribution in [2.24, 2.45) is 5.73 Å². The summed E-state index contributed by atoms with van der Waals surface area (Å²) in [4.78, 5) is 21.1. The van der Waals surface area contributed by atoms with Gasteiger partial charge >= 0.3 is 0 Å². The molecule has 0 saturated carbocycles. The van der Waals surface area contributed by atoms with Crippen molar-refractivity contribution in [2.75, 3.05) is 12.0 Å².